The van der Waals surface area contributed by atoms with E-state index in [1.165, 1.54) is 0 Å². The highest BCUT2D eigenvalue weighted by Crippen LogP contribution is 2.19. The number of halogens is 3. The Balaban J connectivity index is 2.52. The maximum absolute atomic E-state index is 12.6. The van der Waals surface area contributed by atoms with E-state index in [9.17, 15) is 18.0 Å². The number of nitrogens with one attached hydrogen (secondary N) is 1. The van der Waals surface area contributed by atoms with E-state index in [2.05, 4.69) is 5.32 Å². The minimum absolute atomic E-state index is 0.0799. The molecule has 1 aliphatic rings. The molecule has 0 unspecified atom stereocenters. The lowest BCUT2D eigenvalue weighted by Gasteiger charge is -2.30. The molecule has 0 saturated carbocycles. The zero-order chi connectivity index (χ0) is 15.0. The van der Waals surface area contributed by atoms with Gasteiger partial charge in [0.05, 0.1) is 6.04 Å². The van der Waals surface area contributed by atoms with Crippen LogP contribution in [0.3, 0.4) is 0 Å². The molecule has 0 aromatic heterocycles. The number of piperidine rings is 1. The summed E-state index contributed by atoms with van der Waals surface area (Å²) in [5, 5.41) is 3.00. The number of amides is 1. The molecule has 0 aliphatic carbocycles. The molecule has 4 nitrogen and oxygen atoms in total. The summed E-state index contributed by atoms with van der Waals surface area (Å²) in [6.45, 7) is 2.31. The van der Waals surface area contributed by atoms with Crippen molar-refractivity contribution in [1.82, 2.24) is 10.2 Å². The van der Waals surface area contributed by atoms with Crippen molar-refractivity contribution in [3.63, 3.8) is 0 Å². The van der Waals surface area contributed by atoms with Crippen LogP contribution in [0, 0.1) is 0 Å². The predicted octanol–water partition coefficient (Wildman–Crippen LogP) is 1.95. The molecule has 1 heterocycles. The predicted molar refractivity (Wildman–Crippen MR) is 69.4 cm³/mol. The number of hydrogen-bond donors (Lipinski definition) is 1. The van der Waals surface area contributed by atoms with E-state index in [-0.39, 0.29) is 6.54 Å². The van der Waals surface area contributed by atoms with Crippen molar-refractivity contribution in [3.05, 3.63) is 0 Å². The number of hydrogen-bond acceptors (Lipinski definition) is 3. The summed E-state index contributed by atoms with van der Waals surface area (Å²) in [4.78, 5) is 13.1. The van der Waals surface area contributed by atoms with Gasteiger partial charge < -0.3 is 15.0 Å². The summed E-state index contributed by atoms with van der Waals surface area (Å²) in [5.74, 6) is -0.446. The first-order valence-corrected chi connectivity index (χ1v) is 7.10. The lowest BCUT2D eigenvalue weighted by molar-refractivity contribution is -0.163. The van der Waals surface area contributed by atoms with Gasteiger partial charge in [-0.3, -0.25) is 4.79 Å². The topological polar surface area (TPSA) is 41.6 Å². The molecule has 0 aromatic carbocycles. The first kappa shape index (κ1) is 17.2. The second-order valence-corrected chi connectivity index (χ2v) is 4.93. The van der Waals surface area contributed by atoms with Crippen molar-refractivity contribution in [2.75, 3.05) is 32.8 Å². The third-order valence-corrected chi connectivity index (χ3v) is 3.21. The van der Waals surface area contributed by atoms with Crippen LogP contribution >= 0.6 is 0 Å². The van der Waals surface area contributed by atoms with Crippen LogP contribution in [0.25, 0.3) is 0 Å². The molecule has 1 aliphatic heterocycles. The van der Waals surface area contributed by atoms with Crippen LogP contribution in [-0.4, -0.2) is 55.9 Å². The Hall–Kier alpha value is -0.820. The van der Waals surface area contributed by atoms with Crippen LogP contribution in [0.2, 0.25) is 0 Å². The van der Waals surface area contributed by atoms with Crippen molar-refractivity contribution in [2.45, 2.75) is 44.8 Å². The molecule has 1 fully saturated rings. The number of ether oxygens (including phenoxy) is 1. The summed E-state index contributed by atoms with van der Waals surface area (Å²) in [6.07, 6.45) is -1.49. The summed E-state index contributed by atoms with van der Waals surface area (Å²) >= 11 is 0. The zero-order valence-electron chi connectivity index (χ0n) is 11.8. The summed E-state index contributed by atoms with van der Waals surface area (Å²) in [7, 11) is 0. The van der Waals surface area contributed by atoms with Gasteiger partial charge in [-0.1, -0.05) is 6.42 Å². The second-order valence-electron chi connectivity index (χ2n) is 4.93. The Kier molecular flexibility index (Phi) is 7.29. The largest absolute Gasteiger partial charge is 0.406 e. The minimum Gasteiger partial charge on any atom is -0.382 e. The molecule has 0 aromatic rings. The summed E-state index contributed by atoms with van der Waals surface area (Å²) < 4.78 is 42.8. The fraction of sp³-hybridized carbons (Fsp3) is 0.923. The van der Waals surface area contributed by atoms with E-state index < -0.39 is 24.7 Å². The van der Waals surface area contributed by atoms with E-state index in [0.717, 1.165) is 17.7 Å². The summed E-state index contributed by atoms with van der Waals surface area (Å²) in [5.41, 5.74) is 0. The van der Waals surface area contributed by atoms with Gasteiger partial charge in [0.2, 0.25) is 5.91 Å². The maximum Gasteiger partial charge on any atom is 0.406 e. The average molecular weight is 296 g/mol. The van der Waals surface area contributed by atoms with Crippen molar-refractivity contribution in [1.29, 1.82) is 0 Å². The van der Waals surface area contributed by atoms with Crippen LogP contribution in [0.5, 0.6) is 0 Å². The lowest BCUT2D eigenvalue weighted by Crippen LogP contribution is -2.51. The van der Waals surface area contributed by atoms with Crippen molar-refractivity contribution in [3.8, 4) is 0 Å². The number of carbonyl (C=O) groups is 1. The molecule has 7 heteroatoms. The average Bonchev–Trinajstić information content (AvgIpc) is 2.41. The van der Waals surface area contributed by atoms with E-state index in [0.29, 0.717) is 32.6 Å². The first-order valence-electron chi connectivity index (χ1n) is 7.10. The van der Waals surface area contributed by atoms with Gasteiger partial charge in [-0.05, 0) is 32.7 Å². The molecule has 0 radical (unpaired) electrons. The van der Waals surface area contributed by atoms with Gasteiger partial charge in [0.1, 0.15) is 6.54 Å². The number of alkyl halides is 3. The first-order chi connectivity index (χ1) is 9.44. The van der Waals surface area contributed by atoms with Crippen molar-refractivity contribution < 1.29 is 22.7 Å². The number of carbonyl (C=O) groups excluding carboxylic acids is 1. The van der Waals surface area contributed by atoms with Crippen LogP contribution in [0.15, 0.2) is 0 Å². The Labute approximate surface area is 117 Å². The van der Waals surface area contributed by atoms with Gasteiger partial charge in [-0.25, -0.2) is 0 Å². The van der Waals surface area contributed by atoms with E-state index in [1.54, 1.807) is 0 Å². The monoisotopic (exact) mass is 296 g/mol. The standard InChI is InChI=1S/C13H23F3N2O2/c1-2-20-9-5-8-18(10-13(14,15)16)12(19)11-6-3-4-7-17-11/h11,17H,2-10H2,1H3/t11-/m1/s1. The number of nitrogens with zero attached hydrogens (tertiary/aromatic N) is 1. The normalized spacial score (nSPS) is 19.9. The molecule has 1 amide bonds. The van der Waals surface area contributed by atoms with E-state index in [1.807, 2.05) is 6.92 Å². The second kappa shape index (κ2) is 8.46. The lowest BCUT2D eigenvalue weighted by atomic mass is 10.0. The van der Waals surface area contributed by atoms with Crippen LogP contribution < -0.4 is 5.32 Å². The third-order valence-electron chi connectivity index (χ3n) is 3.21. The van der Waals surface area contributed by atoms with Gasteiger partial charge in [0.25, 0.3) is 0 Å². The molecule has 118 valence electrons. The SMILES string of the molecule is CCOCCCN(CC(F)(F)F)C(=O)[C@H]1CCCCN1. The highest BCUT2D eigenvalue weighted by Gasteiger charge is 2.35. The smallest absolute Gasteiger partial charge is 0.382 e. The molecule has 1 N–H and O–H groups in total. The molecule has 1 saturated heterocycles. The Morgan fingerprint density at radius 1 is 1.40 bits per heavy atom. The molecule has 20 heavy (non-hydrogen) atoms. The van der Waals surface area contributed by atoms with Crippen LogP contribution in [0.4, 0.5) is 13.2 Å². The minimum atomic E-state index is -4.37. The van der Waals surface area contributed by atoms with E-state index in [4.69, 9.17) is 4.74 Å². The van der Waals surface area contributed by atoms with Crippen molar-refractivity contribution in [2.24, 2.45) is 0 Å². The number of rotatable bonds is 7. The fourth-order valence-corrected chi connectivity index (χ4v) is 2.27. The zero-order valence-corrected chi connectivity index (χ0v) is 11.8. The molecule has 0 bridgehead atoms. The highest BCUT2D eigenvalue weighted by atomic mass is 19.4. The molecule has 1 rings (SSSR count). The van der Waals surface area contributed by atoms with Crippen LogP contribution in [0.1, 0.15) is 32.6 Å². The molecular formula is C13H23F3N2O2. The van der Waals surface area contributed by atoms with Gasteiger partial charge >= 0.3 is 6.18 Å². The van der Waals surface area contributed by atoms with Gasteiger partial charge in [-0.2, -0.15) is 13.2 Å². The van der Waals surface area contributed by atoms with Gasteiger partial charge in [-0.15, -0.1) is 0 Å². The Morgan fingerprint density at radius 3 is 2.70 bits per heavy atom. The van der Waals surface area contributed by atoms with Gasteiger partial charge in [0.15, 0.2) is 0 Å². The third kappa shape index (κ3) is 6.56. The maximum atomic E-state index is 12.6. The van der Waals surface area contributed by atoms with Crippen LogP contribution in [-0.2, 0) is 9.53 Å². The molecular weight excluding hydrogens is 273 g/mol. The molecule has 1 atom stereocenters. The molecule has 0 spiro atoms. The Bertz CT molecular complexity index is 292. The van der Waals surface area contributed by atoms with Crippen molar-refractivity contribution >= 4 is 5.91 Å². The van der Waals surface area contributed by atoms with E-state index >= 15 is 0 Å². The fourth-order valence-electron chi connectivity index (χ4n) is 2.27. The highest BCUT2D eigenvalue weighted by molar-refractivity contribution is 5.82. The Morgan fingerprint density at radius 2 is 2.15 bits per heavy atom. The summed E-state index contributed by atoms with van der Waals surface area (Å²) in [6, 6.07) is -0.474. The quantitative estimate of drug-likeness (QED) is 0.730. The van der Waals surface area contributed by atoms with Gasteiger partial charge in [0, 0.05) is 19.8 Å².